The van der Waals surface area contributed by atoms with Crippen molar-refractivity contribution in [1.82, 2.24) is 20.2 Å². The van der Waals surface area contributed by atoms with E-state index in [0.29, 0.717) is 23.3 Å². The number of amides is 1. The first-order chi connectivity index (χ1) is 12.5. The normalized spacial score (nSPS) is 11.4. The molecule has 1 amide bonds. The summed E-state index contributed by atoms with van der Waals surface area (Å²) in [6, 6.07) is 9.84. The summed E-state index contributed by atoms with van der Waals surface area (Å²) < 4.78 is 4.73. The Morgan fingerprint density at radius 1 is 1.08 bits per heavy atom. The quantitative estimate of drug-likeness (QED) is 0.609. The number of nitrogens with one attached hydrogen (secondary N) is 1. The van der Waals surface area contributed by atoms with Crippen LogP contribution in [0.15, 0.2) is 35.0 Å². The van der Waals surface area contributed by atoms with Gasteiger partial charge in [-0.3, -0.25) is 4.79 Å². The molecule has 0 atom stereocenters. The fraction of sp³-hybridized carbons (Fsp3) is 0.250. The lowest BCUT2D eigenvalue weighted by Crippen LogP contribution is -2.27. The van der Waals surface area contributed by atoms with Crippen molar-refractivity contribution in [2.45, 2.75) is 27.3 Å². The van der Waals surface area contributed by atoms with Crippen molar-refractivity contribution >= 4 is 27.8 Å². The van der Waals surface area contributed by atoms with Crippen molar-refractivity contribution in [2.24, 2.45) is 0 Å². The Labute approximate surface area is 150 Å². The lowest BCUT2D eigenvalue weighted by molar-refractivity contribution is 0.0779. The molecule has 0 saturated heterocycles. The highest BCUT2D eigenvalue weighted by Crippen LogP contribution is 2.28. The second kappa shape index (κ2) is 5.98. The predicted molar refractivity (Wildman–Crippen MR) is 100 cm³/mol. The monoisotopic (exact) mass is 348 g/mol. The highest BCUT2D eigenvalue weighted by atomic mass is 16.6. The number of carbonyl (C=O) groups is 1. The van der Waals surface area contributed by atoms with E-state index < -0.39 is 0 Å². The van der Waals surface area contributed by atoms with Crippen molar-refractivity contribution in [2.75, 3.05) is 7.05 Å². The zero-order chi connectivity index (χ0) is 18.4. The van der Waals surface area contributed by atoms with Gasteiger partial charge in [0, 0.05) is 24.5 Å². The number of hydrogen-bond donors (Lipinski definition) is 1. The minimum atomic E-state index is -0.0316. The van der Waals surface area contributed by atoms with Crippen molar-refractivity contribution < 1.29 is 9.42 Å². The van der Waals surface area contributed by atoms with Gasteiger partial charge in [0.05, 0.1) is 0 Å². The number of aromatic nitrogens is 3. The Morgan fingerprint density at radius 2 is 1.81 bits per heavy atom. The number of carbonyl (C=O) groups excluding carboxylic acids is 1. The smallest absolute Gasteiger partial charge is 0.270 e. The van der Waals surface area contributed by atoms with Gasteiger partial charge in [0.2, 0.25) is 0 Å². The maximum Gasteiger partial charge on any atom is 0.270 e. The molecule has 0 unspecified atom stereocenters. The molecule has 0 aliphatic heterocycles. The van der Waals surface area contributed by atoms with Crippen LogP contribution in [-0.2, 0) is 6.54 Å². The average molecular weight is 348 g/mol. The summed E-state index contributed by atoms with van der Waals surface area (Å²) in [5.41, 5.74) is 7.36. The minimum absolute atomic E-state index is 0.0316. The third-order valence-corrected chi connectivity index (χ3v) is 4.92. The minimum Gasteiger partial charge on any atom is -0.350 e. The van der Waals surface area contributed by atoms with Gasteiger partial charge < -0.3 is 9.88 Å². The van der Waals surface area contributed by atoms with Gasteiger partial charge >= 0.3 is 0 Å². The molecule has 0 fully saturated rings. The molecule has 2 heterocycles. The van der Waals surface area contributed by atoms with Crippen molar-refractivity contribution in [3.63, 3.8) is 0 Å². The Bertz CT molecular complexity index is 1140. The molecule has 4 rings (SSSR count). The van der Waals surface area contributed by atoms with Gasteiger partial charge in [-0.05, 0) is 65.5 Å². The molecule has 132 valence electrons. The molecule has 0 radical (unpaired) electrons. The van der Waals surface area contributed by atoms with Gasteiger partial charge in [-0.25, -0.2) is 4.63 Å². The highest BCUT2D eigenvalue weighted by Gasteiger charge is 2.20. The molecule has 0 bridgehead atoms. The van der Waals surface area contributed by atoms with Crippen LogP contribution in [0.25, 0.3) is 21.9 Å². The van der Waals surface area contributed by atoms with Gasteiger partial charge in [0.25, 0.3) is 5.91 Å². The van der Waals surface area contributed by atoms with Crippen molar-refractivity contribution in [1.29, 1.82) is 0 Å². The van der Waals surface area contributed by atoms with Crippen molar-refractivity contribution in [3.8, 4) is 0 Å². The molecule has 0 spiro atoms. The fourth-order valence-electron chi connectivity index (χ4n) is 3.48. The summed E-state index contributed by atoms with van der Waals surface area (Å²) in [7, 11) is 1.80. The third kappa shape index (κ3) is 2.54. The van der Waals surface area contributed by atoms with Crippen LogP contribution in [0, 0.1) is 20.8 Å². The van der Waals surface area contributed by atoms with Gasteiger partial charge in [-0.15, -0.1) is 0 Å². The van der Waals surface area contributed by atoms with E-state index in [4.69, 9.17) is 4.63 Å². The van der Waals surface area contributed by atoms with Crippen LogP contribution in [0.1, 0.15) is 32.7 Å². The third-order valence-electron chi connectivity index (χ3n) is 4.92. The molecule has 2 aromatic carbocycles. The maximum absolute atomic E-state index is 13.0. The lowest BCUT2D eigenvalue weighted by atomic mass is 10.0. The first-order valence-corrected chi connectivity index (χ1v) is 8.51. The van der Waals surface area contributed by atoms with Gasteiger partial charge in [0.15, 0.2) is 0 Å². The van der Waals surface area contributed by atoms with E-state index in [9.17, 15) is 4.79 Å². The number of nitrogens with zero attached hydrogens (tertiary/aromatic N) is 3. The molecule has 0 saturated carbocycles. The number of aryl methyl sites for hydroxylation is 3. The molecule has 4 aromatic rings. The van der Waals surface area contributed by atoms with E-state index >= 15 is 0 Å². The van der Waals surface area contributed by atoms with E-state index in [-0.39, 0.29) is 5.91 Å². The second-order valence-electron chi connectivity index (χ2n) is 6.82. The summed E-state index contributed by atoms with van der Waals surface area (Å²) in [6.07, 6.45) is 0. The van der Waals surface area contributed by atoms with Gasteiger partial charge in [0.1, 0.15) is 16.7 Å². The first kappa shape index (κ1) is 16.3. The molecule has 1 N–H and O–H groups in total. The van der Waals surface area contributed by atoms with Gasteiger partial charge in [-0.1, -0.05) is 18.2 Å². The number of H-pyrrole nitrogens is 1. The summed E-state index contributed by atoms with van der Waals surface area (Å²) >= 11 is 0. The molecule has 6 heteroatoms. The number of rotatable bonds is 3. The average Bonchev–Trinajstić information content (AvgIpc) is 3.22. The highest BCUT2D eigenvalue weighted by molar-refractivity contribution is 6.02. The predicted octanol–water partition coefficient (Wildman–Crippen LogP) is 3.90. The topological polar surface area (TPSA) is 75.0 Å². The van der Waals surface area contributed by atoms with E-state index in [1.165, 1.54) is 5.56 Å². The number of hydrogen-bond acceptors (Lipinski definition) is 4. The Morgan fingerprint density at radius 3 is 2.58 bits per heavy atom. The summed E-state index contributed by atoms with van der Waals surface area (Å²) in [4.78, 5) is 18.1. The molecular formula is C20H20N4O2. The Hall–Kier alpha value is -3.15. The maximum atomic E-state index is 13.0. The molecule has 2 aromatic heterocycles. The van der Waals surface area contributed by atoms with Crippen LogP contribution >= 0.6 is 0 Å². The van der Waals surface area contributed by atoms with Gasteiger partial charge in [-0.2, -0.15) is 0 Å². The zero-order valence-electron chi connectivity index (χ0n) is 15.3. The van der Waals surface area contributed by atoms with Crippen LogP contribution < -0.4 is 0 Å². The summed E-state index contributed by atoms with van der Waals surface area (Å²) in [5.74, 6) is -0.0316. The first-order valence-electron chi connectivity index (χ1n) is 8.51. The van der Waals surface area contributed by atoms with Crippen LogP contribution in [0.4, 0.5) is 0 Å². The fourth-order valence-corrected chi connectivity index (χ4v) is 3.48. The van der Waals surface area contributed by atoms with Crippen LogP contribution in [0.2, 0.25) is 0 Å². The largest absolute Gasteiger partial charge is 0.350 e. The standard InChI is InChI=1S/C20H20N4O2/c1-11-5-6-12(2)18-17(11)13(3)19(21-18)20(25)24(4)10-14-7-8-15-16(9-14)23-26-22-15/h5-9,21H,10H2,1-4H3. The number of benzene rings is 2. The van der Waals surface area contributed by atoms with Crippen molar-refractivity contribution in [3.05, 3.63) is 58.3 Å². The molecule has 6 nitrogen and oxygen atoms in total. The Kier molecular flexibility index (Phi) is 3.76. The summed E-state index contributed by atoms with van der Waals surface area (Å²) in [6.45, 7) is 6.60. The van der Waals surface area contributed by atoms with E-state index in [1.54, 1.807) is 11.9 Å². The van der Waals surface area contributed by atoms with Crippen LogP contribution in [0.3, 0.4) is 0 Å². The lowest BCUT2D eigenvalue weighted by Gasteiger charge is -2.17. The number of fused-ring (bicyclic) bond motifs is 2. The second-order valence-corrected chi connectivity index (χ2v) is 6.82. The molecule has 0 aliphatic rings. The molecular weight excluding hydrogens is 328 g/mol. The SMILES string of the molecule is Cc1ccc(C)c2c(C)c(C(=O)N(C)Cc3ccc4nonc4c3)[nH]c12. The van der Waals surface area contributed by atoms with E-state index in [0.717, 1.165) is 27.6 Å². The zero-order valence-corrected chi connectivity index (χ0v) is 15.3. The number of aromatic amines is 1. The Balaban J connectivity index is 1.66. The van der Waals surface area contributed by atoms with Crippen LogP contribution in [-0.4, -0.2) is 33.2 Å². The van der Waals surface area contributed by atoms with E-state index in [1.807, 2.05) is 25.1 Å². The van der Waals surface area contributed by atoms with Crippen LogP contribution in [0.5, 0.6) is 0 Å². The molecule has 0 aliphatic carbocycles. The molecule has 26 heavy (non-hydrogen) atoms. The summed E-state index contributed by atoms with van der Waals surface area (Å²) in [5, 5.41) is 8.79. The van der Waals surface area contributed by atoms with E-state index in [2.05, 4.69) is 41.3 Å².